The molecule has 0 saturated carbocycles. The van der Waals surface area contributed by atoms with E-state index in [-0.39, 0.29) is 37.0 Å². The molecular formula is C33H33F3N6OS. The number of alkyl halides is 3. The van der Waals surface area contributed by atoms with Crippen LogP contribution in [0.5, 0.6) is 0 Å². The molecule has 11 heteroatoms. The summed E-state index contributed by atoms with van der Waals surface area (Å²) in [6.07, 6.45) is -0.627. The standard InChI is InChI=1S/C33H33F3N6OS/c1-2-28(40-31(43)16-29-19-38-23-42(29)20-26-14-12-24(17-37)13-15-26)22-41(32(44)39-18-25-8-4-3-5-9-25)21-27-10-6-7-11-30(27)33(34,35)36/h3-15,19,23,28H,2,16,18,20-22H2,1H3,(H,39,44)(H,40,43)/t28-/m0/s1. The van der Waals surface area contributed by atoms with Crippen molar-refractivity contribution in [3.8, 4) is 6.07 Å². The summed E-state index contributed by atoms with van der Waals surface area (Å²) in [5.41, 5.74) is 2.58. The normalized spacial score (nSPS) is 11.8. The minimum absolute atomic E-state index is 0.0698. The molecule has 0 bridgehead atoms. The molecule has 4 aromatic rings. The number of thiocarbonyl (C=S) groups is 1. The summed E-state index contributed by atoms with van der Waals surface area (Å²) in [6.45, 7) is 2.92. The van der Waals surface area contributed by atoms with Gasteiger partial charge in [-0.05, 0) is 53.5 Å². The van der Waals surface area contributed by atoms with Gasteiger partial charge in [-0.2, -0.15) is 18.4 Å². The lowest BCUT2D eigenvalue weighted by molar-refractivity contribution is -0.138. The second-order valence-corrected chi connectivity index (χ2v) is 10.7. The highest BCUT2D eigenvalue weighted by molar-refractivity contribution is 7.80. The van der Waals surface area contributed by atoms with Crippen molar-refractivity contribution in [1.82, 2.24) is 25.1 Å². The number of nitrogens with one attached hydrogen (secondary N) is 2. The molecule has 3 aromatic carbocycles. The van der Waals surface area contributed by atoms with Crippen molar-refractivity contribution >= 4 is 23.2 Å². The molecule has 4 rings (SSSR count). The summed E-state index contributed by atoms with van der Waals surface area (Å²) >= 11 is 5.67. The van der Waals surface area contributed by atoms with Gasteiger partial charge in [-0.25, -0.2) is 4.98 Å². The van der Waals surface area contributed by atoms with Crippen LogP contribution < -0.4 is 10.6 Å². The third-order valence-electron chi connectivity index (χ3n) is 7.13. The van der Waals surface area contributed by atoms with E-state index in [1.165, 1.54) is 12.1 Å². The zero-order chi connectivity index (χ0) is 31.5. The van der Waals surface area contributed by atoms with Crippen LogP contribution in [0.3, 0.4) is 0 Å². The molecule has 0 aliphatic heterocycles. The van der Waals surface area contributed by atoms with Gasteiger partial charge in [-0.3, -0.25) is 4.79 Å². The first kappa shape index (κ1) is 32.2. The first-order chi connectivity index (χ1) is 21.2. The molecule has 1 amide bonds. The average molecular weight is 619 g/mol. The summed E-state index contributed by atoms with van der Waals surface area (Å²) in [4.78, 5) is 19.0. The molecular weight excluding hydrogens is 585 g/mol. The number of aromatic nitrogens is 2. The van der Waals surface area contributed by atoms with Crippen LogP contribution in [0.25, 0.3) is 0 Å². The zero-order valence-electron chi connectivity index (χ0n) is 24.2. The Morgan fingerprint density at radius 1 is 1.05 bits per heavy atom. The van der Waals surface area contributed by atoms with Crippen LogP contribution in [0.2, 0.25) is 0 Å². The van der Waals surface area contributed by atoms with Gasteiger partial charge in [-0.1, -0.05) is 67.6 Å². The van der Waals surface area contributed by atoms with Crippen LogP contribution in [0, 0.1) is 11.3 Å². The van der Waals surface area contributed by atoms with Gasteiger partial charge >= 0.3 is 6.18 Å². The lowest BCUT2D eigenvalue weighted by Gasteiger charge is -2.31. The quantitative estimate of drug-likeness (QED) is 0.194. The number of rotatable bonds is 12. The van der Waals surface area contributed by atoms with Gasteiger partial charge < -0.3 is 20.1 Å². The first-order valence-electron chi connectivity index (χ1n) is 14.2. The van der Waals surface area contributed by atoms with E-state index >= 15 is 0 Å². The Balaban J connectivity index is 1.45. The monoisotopic (exact) mass is 618 g/mol. The fraction of sp³-hybridized carbons (Fsp3) is 0.273. The maximum atomic E-state index is 13.8. The van der Waals surface area contributed by atoms with Crippen molar-refractivity contribution in [3.05, 3.63) is 125 Å². The number of amides is 1. The molecule has 0 unspecified atom stereocenters. The second kappa shape index (κ2) is 15.2. The number of halogens is 3. The zero-order valence-corrected chi connectivity index (χ0v) is 25.0. The number of nitrogens with zero attached hydrogens (tertiary/aromatic N) is 4. The number of hydrogen-bond acceptors (Lipinski definition) is 4. The van der Waals surface area contributed by atoms with Crippen molar-refractivity contribution in [2.24, 2.45) is 0 Å². The Morgan fingerprint density at radius 3 is 2.43 bits per heavy atom. The molecule has 0 radical (unpaired) electrons. The van der Waals surface area contributed by atoms with E-state index < -0.39 is 11.7 Å². The maximum absolute atomic E-state index is 13.8. The molecule has 44 heavy (non-hydrogen) atoms. The molecule has 0 saturated heterocycles. The molecule has 0 fully saturated rings. The largest absolute Gasteiger partial charge is 0.416 e. The minimum atomic E-state index is -4.51. The van der Waals surface area contributed by atoms with Crippen LogP contribution in [0.4, 0.5) is 13.2 Å². The van der Waals surface area contributed by atoms with Crippen LogP contribution >= 0.6 is 12.2 Å². The number of nitriles is 1. The van der Waals surface area contributed by atoms with Crippen molar-refractivity contribution in [3.63, 3.8) is 0 Å². The lowest BCUT2D eigenvalue weighted by atomic mass is 10.1. The molecule has 2 N–H and O–H groups in total. The Kier molecular flexibility index (Phi) is 11.1. The Morgan fingerprint density at radius 2 is 1.75 bits per heavy atom. The second-order valence-electron chi connectivity index (χ2n) is 10.4. The molecule has 1 heterocycles. The lowest BCUT2D eigenvalue weighted by Crippen LogP contribution is -2.48. The van der Waals surface area contributed by atoms with Crippen molar-refractivity contribution in [1.29, 1.82) is 5.26 Å². The van der Waals surface area contributed by atoms with Gasteiger partial charge in [0.05, 0.1) is 29.9 Å². The van der Waals surface area contributed by atoms with E-state index in [2.05, 4.69) is 21.7 Å². The van der Waals surface area contributed by atoms with E-state index in [9.17, 15) is 18.0 Å². The maximum Gasteiger partial charge on any atom is 0.416 e. The van der Waals surface area contributed by atoms with Crippen molar-refractivity contribution in [2.45, 2.75) is 51.6 Å². The van der Waals surface area contributed by atoms with Gasteiger partial charge in [0.25, 0.3) is 0 Å². The van der Waals surface area contributed by atoms with E-state index in [4.69, 9.17) is 17.5 Å². The van der Waals surface area contributed by atoms with Crippen molar-refractivity contribution in [2.75, 3.05) is 6.54 Å². The molecule has 228 valence electrons. The summed E-state index contributed by atoms with van der Waals surface area (Å²) in [5, 5.41) is 15.5. The van der Waals surface area contributed by atoms with E-state index in [1.54, 1.807) is 35.6 Å². The van der Waals surface area contributed by atoms with Gasteiger partial charge in [0.1, 0.15) is 0 Å². The highest BCUT2D eigenvalue weighted by Crippen LogP contribution is 2.32. The number of carbonyl (C=O) groups is 1. The molecule has 0 aliphatic carbocycles. The van der Waals surface area contributed by atoms with Crippen LogP contribution in [0.15, 0.2) is 91.4 Å². The highest BCUT2D eigenvalue weighted by atomic mass is 32.1. The number of benzene rings is 3. The Bertz CT molecular complexity index is 1580. The fourth-order valence-electron chi connectivity index (χ4n) is 4.75. The number of carbonyl (C=O) groups excluding carboxylic acids is 1. The van der Waals surface area contributed by atoms with Gasteiger partial charge in [0, 0.05) is 44.1 Å². The summed E-state index contributed by atoms with van der Waals surface area (Å²) in [7, 11) is 0. The summed E-state index contributed by atoms with van der Waals surface area (Å²) < 4.78 is 43.3. The van der Waals surface area contributed by atoms with Crippen LogP contribution in [0.1, 0.15) is 46.9 Å². The molecule has 7 nitrogen and oxygen atoms in total. The first-order valence-corrected chi connectivity index (χ1v) is 14.6. The Hall–Kier alpha value is -4.69. The third kappa shape index (κ3) is 9.15. The average Bonchev–Trinajstić information content (AvgIpc) is 3.45. The third-order valence-corrected chi connectivity index (χ3v) is 7.54. The topological polar surface area (TPSA) is 86.0 Å². The fourth-order valence-corrected chi connectivity index (χ4v) is 4.96. The predicted octanol–water partition coefficient (Wildman–Crippen LogP) is 5.84. The molecule has 1 aromatic heterocycles. The van der Waals surface area contributed by atoms with Crippen molar-refractivity contribution < 1.29 is 18.0 Å². The summed E-state index contributed by atoms with van der Waals surface area (Å²) in [5.74, 6) is -0.239. The summed E-state index contributed by atoms with van der Waals surface area (Å²) in [6, 6.07) is 23.9. The SMILES string of the molecule is CC[C@@H](CN(Cc1ccccc1C(F)(F)F)C(=S)NCc1ccccc1)NC(=O)Cc1cncn1Cc1ccc(C#N)cc1. The minimum Gasteiger partial charge on any atom is -0.358 e. The van der Waals surface area contributed by atoms with Gasteiger partial charge in [0.15, 0.2) is 5.11 Å². The molecule has 0 aliphatic rings. The van der Waals surface area contributed by atoms with E-state index in [1.807, 2.05) is 54.0 Å². The predicted molar refractivity (Wildman–Crippen MR) is 166 cm³/mol. The van der Waals surface area contributed by atoms with Crippen LogP contribution in [-0.2, 0) is 37.0 Å². The van der Waals surface area contributed by atoms with E-state index in [0.717, 1.165) is 17.2 Å². The van der Waals surface area contributed by atoms with Crippen LogP contribution in [-0.4, -0.2) is 38.1 Å². The molecule has 1 atom stereocenters. The molecule has 0 spiro atoms. The Labute approximate surface area is 260 Å². The number of hydrogen-bond donors (Lipinski definition) is 2. The van der Waals surface area contributed by atoms with Gasteiger partial charge in [0.2, 0.25) is 5.91 Å². The number of imidazole rings is 1. The highest BCUT2D eigenvalue weighted by Gasteiger charge is 2.33. The smallest absolute Gasteiger partial charge is 0.358 e. The van der Waals surface area contributed by atoms with Gasteiger partial charge in [-0.15, -0.1) is 0 Å². The van der Waals surface area contributed by atoms with E-state index in [0.29, 0.717) is 35.9 Å².